The third-order valence-corrected chi connectivity index (χ3v) is 3.16. The molecule has 0 aliphatic heterocycles. The lowest BCUT2D eigenvalue weighted by atomic mass is 9.99. The topological polar surface area (TPSA) is 54.4 Å². The van der Waals surface area contributed by atoms with Gasteiger partial charge in [-0.15, -0.1) is 0 Å². The highest BCUT2D eigenvalue weighted by atomic mass is 16.4. The molecule has 1 aliphatic rings. The molecule has 1 aliphatic carbocycles. The molecule has 0 aromatic carbocycles. The Morgan fingerprint density at radius 1 is 1.00 bits per heavy atom. The van der Waals surface area contributed by atoms with Crippen LogP contribution in [-0.4, -0.2) is 16.9 Å². The smallest absolute Gasteiger partial charge is 0.303 e. The van der Waals surface area contributed by atoms with Gasteiger partial charge in [0.2, 0.25) is 0 Å². The van der Waals surface area contributed by atoms with Gasteiger partial charge in [0, 0.05) is 19.3 Å². The highest BCUT2D eigenvalue weighted by Gasteiger charge is 2.09. The third kappa shape index (κ3) is 13.2. The number of carbonyl (C=O) groups is 2. The minimum Gasteiger partial charge on any atom is -0.481 e. The van der Waals surface area contributed by atoms with Crippen LogP contribution in [0.3, 0.4) is 0 Å². The quantitative estimate of drug-likeness (QED) is 0.624. The van der Waals surface area contributed by atoms with Gasteiger partial charge in [-0.1, -0.05) is 51.9 Å². The van der Waals surface area contributed by atoms with E-state index in [1.54, 1.807) is 0 Å². The Morgan fingerprint density at radius 2 is 1.44 bits per heavy atom. The van der Waals surface area contributed by atoms with Crippen molar-refractivity contribution in [1.29, 1.82) is 0 Å². The summed E-state index contributed by atoms with van der Waals surface area (Å²) in [6, 6.07) is 0. The average molecular weight is 256 g/mol. The summed E-state index contributed by atoms with van der Waals surface area (Å²) in [5.74, 6) is -0.226. The molecule has 0 amide bonds. The van der Waals surface area contributed by atoms with E-state index in [1.165, 1.54) is 38.5 Å². The van der Waals surface area contributed by atoms with Gasteiger partial charge in [-0.3, -0.25) is 9.59 Å². The zero-order chi connectivity index (χ0) is 13.6. The van der Waals surface area contributed by atoms with Crippen LogP contribution in [0.5, 0.6) is 0 Å². The Balaban J connectivity index is 0.000000473. The lowest BCUT2D eigenvalue weighted by Crippen LogP contribution is -2.07. The van der Waals surface area contributed by atoms with Crippen molar-refractivity contribution in [3.8, 4) is 0 Å². The number of hydrogen-bond acceptors (Lipinski definition) is 2. The van der Waals surface area contributed by atoms with E-state index in [1.807, 2.05) is 0 Å². The maximum Gasteiger partial charge on any atom is 0.303 e. The highest BCUT2D eigenvalue weighted by Crippen LogP contribution is 2.10. The van der Waals surface area contributed by atoms with Crippen LogP contribution >= 0.6 is 0 Å². The van der Waals surface area contributed by atoms with E-state index in [9.17, 15) is 9.59 Å². The second kappa shape index (κ2) is 12.6. The van der Waals surface area contributed by atoms with E-state index in [-0.39, 0.29) is 0 Å². The number of carboxylic acid groups (broad SMARTS) is 1. The molecule has 1 rings (SSSR count). The first kappa shape index (κ1) is 17.1. The number of carboxylic acids is 1. The summed E-state index contributed by atoms with van der Waals surface area (Å²) in [6.07, 6.45) is 12.9. The maximum atomic E-state index is 10.2. The third-order valence-electron chi connectivity index (χ3n) is 3.16. The first-order valence-electron chi connectivity index (χ1n) is 7.40. The monoisotopic (exact) mass is 256 g/mol. The predicted octanol–water partition coefficient (Wildman–Crippen LogP) is 4.34. The van der Waals surface area contributed by atoms with Crippen LogP contribution < -0.4 is 0 Å². The molecule has 0 saturated heterocycles. The molecule has 0 atom stereocenters. The fourth-order valence-electron chi connectivity index (χ4n) is 1.73. The van der Waals surface area contributed by atoms with Crippen LogP contribution in [0.25, 0.3) is 0 Å². The number of Topliss-reactive ketones (excluding diaryl/α,β-unsaturated/α-hetero) is 1. The van der Waals surface area contributed by atoms with Crippen molar-refractivity contribution in [2.45, 2.75) is 84.0 Å². The molecule has 0 bridgehead atoms. The van der Waals surface area contributed by atoms with Gasteiger partial charge in [0.1, 0.15) is 5.78 Å². The Kier molecular flexibility index (Phi) is 12.0. The Bertz CT molecular complexity index is 218. The molecule has 0 spiro atoms. The number of ketones is 1. The summed E-state index contributed by atoms with van der Waals surface area (Å²) in [4.78, 5) is 20.1. The van der Waals surface area contributed by atoms with Gasteiger partial charge >= 0.3 is 5.97 Å². The molecular weight excluding hydrogens is 228 g/mol. The standard InChI is InChI=1S/C11H22O2.C4H6O/c1-2-3-4-5-6-7-8-9-10-11(12)13;5-4-2-1-3-4/h2-10H2,1H3,(H,12,13);1-3H2. The van der Waals surface area contributed by atoms with Crippen molar-refractivity contribution in [3.05, 3.63) is 0 Å². The molecule has 0 radical (unpaired) electrons. The van der Waals surface area contributed by atoms with Crippen LogP contribution in [0.2, 0.25) is 0 Å². The lowest BCUT2D eigenvalue weighted by molar-refractivity contribution is -0.137. The summed E-state index contributed by atoms with van der Waals surface area (Å²) in [5.41, 5.74) is 0. The van der Waals surface area contributed by atoms with E-state index in [0.717, 1.165) is 32.1 Å². The minimum absolute atomic E-state index is 0.342. The summed E-state index contributed by atoms with van der Waals surface area (Å²) >= 11 is 0. The van der Waals surface area contributed by atoms with Crippen LogP contribution in [-0.2, 0) is 9.59 Å². The molecule has 18 heavy (non-hydrogen) atoms. The molecule has 1 fully saturated rings. The van der Waals surface area contributed by atoms with Crippen LogP contribution in [0.1, 0.15) is 84.0 Å². The summed E-state index contributed by atoms with van der Waals surface area (Å²) in [7, 11) is 0. The van der Waals surface area contributed by atoms with Gasteiger partial charge in [0.15, 0.2) is 0 Å². The van der Waals surface area contributed by atoms with Gasteiger partial charge in [0.05, 0.1) is 0 Å². The highest BCUT2D eigenvalue weighted by molar-refractivity contribution is 5.83. The van der Waals surface area contributed by atoms with Crippen molar-refractivity contribution in [2.24, 2.45) is 0 Å². The fourth-order valence-corrected chi connectivity index (χ4v) is 1.73. The van der Waals surface area contributed by atoms with E-state index in [4.69, 9.17) is 5.11 Å². The molecular formula is C15H28O3. The van der Waals surface area contributed by atoms with Gasteiger partial charge in [-0.25, -0.2) is 0 Å². The van der Waals surface area contributed by atoms with Gasteiger partial charge in [-0.05, 0) is 12.8 Å². The largest absolute Gasteiger partial charge is 0.481 e. The zero-order valence-electron chi connectivity index (χ0n) is 11.7. The normalized spacial score (nSPS) is 13.5. The molecule has 106 valence electrons. The van der Waals surface area contributed by atoms with E-state index in [0.29, 0.717) is 12.2 Å². The van der Waals surface area contributed by atoms with Crippen molar-refractivity contribution >= 4 is 11.8 Å². The average Bonchev–Trinajstić information content (AvgIpc) is 2.30. The number of aliphatic carboxylic acids is 1. The molecule has 3 heteroatoms. The SMILES string of the molecule is CCCCCCCCCCC(=O)O.O=C1CCC1. The van der Waals surface area contributed by atoms with E-state index in [2.05, 4.69) is 6.92 Å². The van der Waals surface area contributed by atoms with Crippen molar-refractivity contribution in [1.82, 2.24) is 0 Å². The molecule has 0 unspecified atom stereocenters. The van der Waals surface area contributed by atoms with Gasteiger partial charge in [-0.2, -0.15) is 0 Å². The molecule has 1 saturated carbocycles. The molecule has 0 aromatic rings. The Hall–Kier alpha value is -0.860. The fraction of sp³-hybridized carbons (Fsp3) is 0.867. The first-order valence-corrected chi connectivity index (χ1v) is 7.40. The number of carbonyl (C=O) groups excluding carboxylic acids is 1. The second-order valence-corrected chi connectivity index (χ2v) is 5.01. The van der Waals surface area contributed by atoms with Crippen molar-refractivity contribution < 1.29 is 14.7 Å². The number of rotatable bonds is 9. The Labute approximate surface area is 111 Å². The minimum atomic E-state index is -0.661. The predicted molar refractivity (Wildman–Crippen MR) is 73.7 cm³/mol. The van der Waals surface area contributed by atoms with Crippen LogP contribution in [0, 0.1) is 0 Å². The van der Waals surface area contributed by atoms with E-state index >= 15 is 0 Å². The number of unbranched alkanes of at least 4 members (excludes halogenated alkanes) is 7. The second-order valence-electron chi connectivity index (χ2n) is 5.01. The van der Waals surface area contributed by atoms with Crippen molar-refractivity contribution in [2.75, 3.05) is 0 Å². The van der Waals surface area contributed by atoms with Crippen LogP contribution in [0.4, 0.5) is 0 Å². The summed E-state index contributed by atoms with van der Waals surface area (Å²) < 4.78 is 0. The van der Waals surface area contributed by atoms with Crippen LogP contribution in [0.15, 0.2) is 0 Å². The number of hydrogen-bond donors (Lipinski definition) is 1. The summed E-state index contributed by atoms with van der Waals surface area (Å²) in [5, 5.41) is 8.39. The lowest BCUT2D eigenvalue weighted by Gasteiger charge is -2.05. The molecule has 1 N–H and O–H groups in total. The summed E-state index contributed by atoms with van der Waals surface area (Å²) in [6.45, 7) is 2.22. The molecule has 3 nitrogen and oxygen atoms in total. The van der Waals surface area contributed by atoms with Crippen molar-refractivity contribution in [3.63, 3.8) is 0 Å². The zero-order valence-corrected chi connectivity index (χ0v) is 11.7. The van der Waals surface area contributed by atoms with Gasteiger partial charge in [0.25, 0.3) is 0 Å². The molecule has 0 aromatic heterocycles. The first-order chi connectivity index (χ1) is 8.66. The molecule has 0 heterocycles. The Morgan fingerprint density at radius 3 is 1.78 bits per heavy atom. The van der Waals surface area contributed by atoms with E-state index < -0.39 is 5.97 Å². The van der Waals surface area contributed by atoms with Gasteiger partial charge < -0.3 is 5.11 Å². The maximum absolute atomic E-state index is 10.2.